The van der Waals surface area contributed by atoms with Gasteiger partial charge in [0.05, 0.1) is 20.0 Å². The second kappa shape index (κ2) is 8.42. The number of sulfone groups is 1. The molecule has 0 spiro atoms. The van der Waals surface area contributed by atoms with Crippen LogP contribution in [0.1, 0.15) is 24.2 Å². The van der Waals surface area contributed by atoms with Crippen molar-refractivity contribution in [1.29, 1.82) is 0 Å². The third-order valence-corrected chi connectivity index (χ3v) is 8.58. The summed E-state index contributed by atoms with van der Waals surface area (Å²) in [5.41, 5.74) is 0.855. The summed E-state index contributed by atoms with van der Waals surface area (Å²) in [6.07, 6.45) is 1.13. The monoisotopic (exact) mass is 467 g/mol. The number of anilines is 1. The number of rotatable bonds is 7. The Morgan fingerprint density at radius 1 is 1.00 bits per heavy atom. The normalized spacial score (nSPS) is 12.4. The Kier molecular flexibility index (Phi) is 6.27. The van der Waals surface area contributed by atoms with Crippen molar-refractivity contribution in [3.8, 4) is 0 Å². The van der Waals surface area contributed by atoms with Gasteiger partial charge >= 0.3 is 0 Å². The summed E-state index contributed by atoms with van der Waals surface area (Å²) in [6.45, 7) is 4.25. The first-order valence-electron chi connectivity index (χ1n) is 9.08. The van der Waals surface area contributed by atoms with Crippen LogP contribution in [0, 0.1) is 0 Å². The van der Waals surface area contributed by atoms with E-state index < -0.39 is 25.8 Å². The Morgan fingerprint density at radius 2 is 1.60 bits per heavy atom. The molecule has 0 radical (unpaired) electrons. The molecule has 2 aromatic carbocycles. The standard InChI is InChI=1S/C19H21N3O5S3/c1-4-22(5-2)30(26,27)14-8-6-13(7-9-14)18(23)21-19-20-16-11-10-15(29(3,24)25)12-17(16)28-19/h6-12H,4-5H2,1-3H3,(H,20,21,23). The number of hydrogen-bond donors (Lipinski definition) is 1. The summed E-state index contributed by atoms with van der Waals surface area (Å²) < 4.78 is 50.4. The fourth-order valence-electron chi connectivity index (χ4n) is 2.85. The van der Waals surface area contributed by atoms with Crippen LogP contribution in [0.15, 0.2) is 52.3 Å². The van der Waals surface area contributed by atoms with Gasteiger partial charge in [0.25, 0.3) is 5.91 Å². The zero-order chi connectivity index (χ0) is 22.1. The van der Waals surface area contributed by atoms with Gasteiger partial charge in [-0.05, 0) is 42.5 Å². The second-order valence-electron chi connectivity index (χ2n) is 6.49. The number of hydrogen-bond acceptors (Lipinski definition) is 7. The van der Waals surface area contributed by atoms with E-state index in [0.717, 1.165) is 17.6 Å². The molecule has 1 heterocycles. The van der Waals surface area contributed by atoms with E-state index in [0.29, 0.717) is 28.4 Å². The van der Waals surface area contributed by atoms with Crippen molar-refractivity contribution in [2.75, 3.05) is 24.7 Å². The smallest absolute Gasteiger partial charge is 0.257 e. The minimum absolute atomic E-state index is 0.121. The predicted molar refractivity (Wildman–Crippen MR) is 117 cm³/mol. The van der Waals surface area contributed by atoms with Crippen molar-refractivity contribution in [3.05, 3.63) is 48.0 Å². The average Bonchev–Trinajstić information content (AvgIpc) is 3.09. The molecule has 1 amide bonds. The lowest BCUT2D eigenvalue weighted by Gasteiger charge is -2.18. The minimum atomic E-state index is -3.59. The van der Waals surface area contributed by atoms with E-state index in [-0.39, 0.29) is 15.4 Å². The van der Waals surface area contributed by atoms with Crippen molar-refractivity contribution in [2.24, 2.45) is 0 Å². The van der Waals surface area contributed by atoms with Crippen LogP contribution in [0.5, 0.6) is 0 Å². The van der Waals surface area contributed by atoms with Gasteiger partial charge in [0.2, 0.25) is 10.0 Å². The molecule has 0 aliphatic heterocycles. The number of sulfonamides is 1. The fourth-order valence-corrected chi connectivity index (χ4v) is 5.93. The molecule has 0 fully saturated rings. The van der Waals surface area contributed by atoms with Gasteiger partial charge in [-0.1, -0.05) is 25.2 Å². The molecule has 3 aromatic rings. The maximum Gasteiger partial charge on any atom is 0.257 e. The highest BCUT2D eigenvalue weighted by Crippen LogP contribution is 2.28. The molecule has 0 saturated carbocycles. The number of fused-ring (bicyclic) bond motifs is 1. The van der Waals surface area contributed by atoms with E-state index in [1.165, 1.54) is 40.7 Å². The van der Waals surface area contributed by atoms with Crippen LogP contribution in [0.3, 0.4) is 0 Å². The molecule has 0 aliphatic carbocycles. The van der Waals surface area contributed by atoms with Crippen LogP contribution >= 0.6 is 11.3 Å². The molecular formula is C19H21N3O5S3. The number of nitrogens with one attached hydrogen (secondary N) is 1. The molecule has 0 aliphatic rings. The fraction of sp³-hybridized carbons (Fsp3) is 0.263. The van der Waals surface area contributed by atoms with Gasteiger partial charge in [-0.2, -0.15) is 4.31 Å². The van der Waals surface area contributed by atoms with Crippen LogP contribution in [0.4, 0.5) is 5.13 Å². The van der Waals surface area contributed by atoms with E-state index >= 15 is 0 Å². The van der Waals surface area contributed by atoms with Gasteiger partial charge in [0.15, 0.2) is 15.0 Å². The number of carbonyl (C=O) groups is 1. The summed E-state index contributed by atoms with van der Waals surface area (Å²) in [5.74, 6) is -0.441. The van der Waals surface area contributed by atoms with Gasteiger partial charge in [-0.3, -0.25) is 10.1 Å². The third-order valence-electron chi connectivity index (χ3n) is 4.47. The van der Waals surface area contributed by atoms with Gasteiger partial charge < -0.3 is 0 Å². The second-order valence-corrected chi connectivity index (χ2v) is 11.5. The Balaban J connectivity index is 1.81. The number of thiazole rings is 1. The molecule has 30 heavy (non-hydrogen) atoms. The zero-order valence-corrected chi connectivity index (χ0v) is 19.1. The van der Waals surface area contributed by atoms with Crippen LogP contribution in [-0.4, -0.2) is 51.4 Å². The molecule has 1 N–H and O–H groups in total. The van der Waals surface area contributed by atoms with Gasteiger partial charge in [0.1, 0.15) is 0 Å². The van der Waals surface area contributed by atoms with E-state index in [4.69, 9.17) is 0 Å². The Morgan fingerprint density at radius 3 is 2.17 bits per heavy atom. The molecule has 8 nitrogen and oxygen atoms in total. The van der Waals surface area contributed by atoms with Crippen LogP contribution in [0.25, 0.3) is 10.2 Å². The summed E-state index contributed by atoms with van der Waals surface area (Å²) in [5, 5.41) is 2.99. The van der Waals surface area contributed by atoms with Crippen molar-refractivity contribution >= 4 is 52.5 Å². The molecule has 0 unspecified atom stereocenters. The third kappa shape index (κ3) is 4.53. The first kappa shape index (κ1) is 22.3. The summed E-state index contributed by atoms with van der Waals surface area (Å²) in [7, 11) is -6.93. The molecule has 1 aromatic heterocycles. The summed E-state index contributed by atoms with van der Waals surface area (Å²) in [6, 6.07) is 10.3. The predicted octanol–water partition coefficient (Wildman–Crippen LogP) is 2.98. The lowest BCUT2D eigenvalue weighted by atomic mass is 10.2. The van der Waals surface area contributed by atoms with E-state index in [9.17, 15) is 21.6 Å². The van der Waals surface area contributed by atoms with Crippen LogP contribution in [0.2, 0.25) is 0 Å². The topological polar surface area (TPSA) is 114 Å². The molecular weight excluding hydrogens is 446 g/mol. The molecule has 11 heteroatoms. The van der Waals surface area contributed by atoms with Crippen molar-refractivity contribution < 1.29 is 21.6 Å². The highest BCUT2D eigenvalue weighted by Gasteiger charge is 2.22. The first-order valence-corrected chi connectivity index (χ1v) is 13.2. The minimum Gasteiger partial charge on any atom is -0.298 e. The van der Waals surface area contributed by atoms with Gasteiger partial charge in [-0.25, -0.2) is 21.8 Å². The lowest BCUT2D eigenvalue weighted by molar-refractivity contribution is 0.102. The average molecular weight is 468 g/mol. The molecule has 0 saturated heterocycles. The summed E-state index contributed by atoms with van der Waals surface area (Å²) in [4.78, 5) is 17.1. The van der Waals surface area contributed by atoms with Gasteiger partial charge in [0, 0.05) is 24.9 Å². The van der Waals surface area contributed by atoms with Crippen molar-refractivity contribution in [1.82, 2.24) is 9.29 Å². The van der Waals surface area contributed by atoms with Gasteiger partial charge in [-0.15, -0.1) is 0 Å². The van der Waals surface area contributed by atoms with E-state index in [2.05, 4.69) is 10.3 Å². The molecule has 3 rings (SSSR count). The van der Waals surface area contributed by atoms with E-state index in [1.807, 2.05) is 0 Å². The lowest BCUT2D eigenvalue weighted by Crippen LogP contribution is -2.30. The quantitative estimate of drug-likeness (QED) is 0.571. The maximum absolute atomic E-state index is 12.5. The number of benzene rings is 2. The largest absolute Gasteiger partial charge is 0.298 e. The van der Waals surface area contributed by atoms with E-state index in [1.54, 1.807) is 19.9 Å². The number of aromatic nitrogens is 1. The van der Waals surface area contributed by atoms with Crippen LogP contribution < -0.4 is 5.32 Å². The molecule has 0 bridgehead atoms. The number of amides is 1. The van der Waals surface area contributed by atoms with Crippen LogP contribution in [-0.2, 0) is 19.9 Å². The zero-order valence-electron chi connectivity index (χ0n) is 16.6. The summed E-state index contributed by atoms with van der Waals surface area (Å²) >= 11 is 1.16. The SMILES string of the molecule is CCN(CC)S(=O)(=O)c1ccc(C(=O)Nc2nc3ccc(S(C)(=O)=O)cc3s2)cc1. The Hall–Kier alpha value is -2.34. The number of carbonyl (C=O) groups excluding carboxylic acids is 1. The molecule has 0 atom stereocenters. The highest BCUT2D eigenvalue weighted by molar-refractivity contribution is 7.90. The number of nitrogens with zero attached hydrogens (tertiary/aromatic N) is 2. The molecule has 160 valence electrons. The highest BCUT2D eigenvalue weighted by atomic mass is 32.2. The maximum atomic E-state index is 12.5. The van der Waals surface area contributed by atoms with Crippen molar-refractivity contribution in [3.63, 3.8) is 0 Å². The Labute approximate surface area is 179 Å². The first-order chi connectivity index (χ1) is 14.1. The Bertz CT molecular complexity index is 1290. The van der Waals surface area contributed by atoms with Crippen molar-refractivity contribution in [2.45, 2.75) is 23.6 Å².